The van der Waals surface area contributed by atoms with Crippen molar-refractivity contribution in [3.63, 3.8) is 0 Å². The maximum atomic E-state index is 12.7. The second kappa shape index (κ2) is 7.78. The molecule has 1 aromatic carbocycles. The van der Waals surface area contributed by atoms with Gasteiger partial charge in [-0.05, 0) is 37.5 Å². The van der Waals surface area contributed by atoms with Gasteiger partial charge >= 0.3 is 0 Å². The van der Waals surface area contributed by atoms with Crippen molar-refractivity contribution in [2.24, 2.45) is 0 Å². The number of β-amino-alcohol motifs (C(OH)–C–C–N with tert-alkyl or cyclic N) is 1. The molecule has 7 nitrogen and oxygen atoms in total. The Hall–Kier alpha value is -2.54. The zero-order valence-corrected chi connectivity index (χ0v) is 15.2. The summed E-state index contributed by atoms with van der Waals surface area (Å²) in [5, 5.41) is 17.4. The molecule has 1 aromatic heterocycles. The number of hydrogen-bond acceptors (Lipinski definition) is 5. The summed E-state index contributed by atoms with van der Waals surface area (Å²) in [5.74, 6) is 1.10. The Balaban J connectivity index is 1.63. The fourth-order valence-electron chi connectivity index (χ4n) is 3.17. The monoisotopic (exact) mass is 359 g/mol. The van der Waals surface area contributed by atoms with Gasteiger partial charge in [-0.1, -0.05) is 19.1 Å². The third-order valence-electron chi connectivity index (χ3n) is 4.80. The van der Waals surface area contributed by atoms with E-state index >= 15 is 0 Å². The SMILES string of the molecule is CCC1(O)CCCN(C(=O)c2cc(COc3ccccc3OC)[nH]n2)C1. The fourth-order valence-corrected chi connectivity index (χ4v) is 3.17. The van der Waals surface area contributed by atoms with Crippen molar-refractivity contribution < 1.29 is 19.4 Å². The Labute approximate surface area is 152 Å². The molecule has 1 fully saturated rings. The van der Waals surface area contributed by atoms with E-state index in [2.05, 4.69) is 10.2 Å². The van der Waals surface area contributed by atoms with Gasteiger partial charge in [-0.3, -0.25) is 9.89 Å². The molecular formula is C19H25N3O4. The van der Waals surface area contributed by atoms with Gasteiger partial charge in [0.1, 0.15) is 6.61 Å². The number of methoxy groups -OCH3 is 1. The summed E-state index contributed by atoms with van der Waals surface area (Å²) in [6, 6.07) is 9.07. The van der Waals surface area contributed by atoms with Crippen LogP contribution in [0.15, 0.2) is 30.3 Å². The van der Waals surface area contributed by atoms with Gasteiger partial charge in [0.2, 0.25) is 0 Å². The van der Waals surface area contributed by atoms with Crippen LogP contribution < -0.4 is 9.47 Å². The van der Waals surface area contributed by atoms with Crippen LogP contribution in [0.3, 0.4) is 0 Å². The Kier molecular flexibility index (Phi) is 5.46. The predicted molar refractivity (Wildman–Crippen MR) is 96.3 cm³/mol. The van der Waals surface area contributed by atoms with E-state index in [1.54, 1.807) is 18.1 Å². The zero-order valence-electron chi connectivity index (χ0n) is 15.2. The Morgan fingerprint density at radius 3 is 2.88 bits per heavy atom. The minimum Gasteiger partial charge on any atom is -0.493 e. The molecule has 1 saturated heterocycles. The topological polar surface area (TPSA) is 87.7 Å². The van der Waals surface area contributed by atoms with Crippen molar-refractivity contribution in [3.8, 4) is 11.5 Å². The molecule has 0 radical (unpaired) electrons. The molecule has 140 valence electrons. The third-order valence-corrected chi connectivity index (χ3v) is 4.80. The quantitative estimate of drug-likeness (QED) is 0.827. The number of H-pyrrole nitrogens is 1. The van der Waals surface area contributed by atoms with E-state index in [4.69, 9.17) is 9.47 Å². The normalized spacial score (nSPS) is 20.0. The minimum absolute atomic E-state index is 0.170. The van der Waals surface area contributed by atoms with E-state index in [9.17, 15) is 9.90 Å². The average molecular weight is 359 g/mol. The van der Waals surface area contributed by atoms with Crippen molar-refractivity contribution in [3.05, 3.63) is 41.7 Å². The summed E-state index contributed by atoms with van der Waals surface area (Å²) in [4.78, 5) is 14.3. The molecule has 26 heavy (non-hydrogen) atoms. The van der Waals surface area contributed by atoms with Gasteiger partial charge in [0.25, 0.3) is 5.91 Å². The second-order valence-electron chi connectivity index (χ2n) is 6.63. The average Bonchev–Trinajstić information content (AvgIpc) is 3.15. The first kappa shape index (κ1) is 18.3. The van der Waals surface area contributed by atoms with Gasteiger partial charge in [-0.25, -0.2) is 0 Å². The van der Waals surface area contributed by atoms with E-state index in [0.29, 0.717) is 42.4 Å². The summed E-state index contributed by atoms with van der Waals surface area (Å²) >= 11 is 0. The maximum Gasteiger partial charge on any atom is 0.274 e. The molecule has 0 bridgehead atoms. The van der Waals surface area contributed by atoms with E-state index in [1.807, 2.05) is 31.2 Å². The molecule has 1 aliphatic heterocycles. The largest absolute Gasteiger partial charge is 0.493 e. The van der Waals surface area contributed by atoms with Gasteiger partial charge < -0.3 is 19.5 Å². The summed E-state index contributed by atoms with van der Waals surface area (Å²) in [6.45, 7) is 3.18. The van der Waals surface area contributed by atoms with Crippen molar-refractivity contribution in [2.45, 2.75) is 38.4 Å². The van der Waals surface area contributed by atoms with Crippen LogP contribution in [-0.2, 0) is 6.61 Å². The number of likely N-dealkylation sites (tertiary alicyclic amines) is 1. The first-order valence-corrected chi connectivity index (χ1v) is 8.86. The number of amides is 1. The summed E-state index contributed by atoms with van der Waals surface area (Å²) in [6.07, 6.45) is 2.16. The molecule has 1 aliphatic rings. The highest BCUT2D eigenvalue weighted by atomic mass is 16.5. The molecule has 0 spiro atoms. The molecule has 2 N–H and O–H groups in total. The molecule has 1 unspecified atom stereocenters. The summed E-state index contributed by atoms with van der Waals surface area (Å²) < 4.78 is 11.0. The first-order valence-electron chi connectivity index (χ1n) is 8.86. The van der Waals surface area contributed by atoms with E-state index in [-0.39, 0.29) is 12.5 Å². The summed E-state index contributed by atoms with van der Waals surface area (Å²) in [7, 11) is 1.59. The summed E-state index contributed by atoms with van der Waals surface area (Å²) in [5.41, 5.74) is 0.242. The number of carbonyl (C=O) groups excluding carboxylic acids is 1. The van der Waals surface area contributed by atoms with E-state index < -0.39 is 5.60 Å². The highest BCUT2D eigenvalue weighted by molar-refractivity contribution is 5.92. The lowest BCUT2D eigenvalue weighted by molar-refractivity contribution is -0.0271. The number of carbonyl (C=O) groups is 1. The Morgan fingerprint density at radius 2 is 2.15 bits per heavy atom. The van der Waals surface area contributed by atoms with Crippen LogP contribution in [0.5, 0.6) is 11.5 Å². The van der Waals surface area contributed by atoms with Crippen LogP contribution in [0.4, 0.5) is 0 Å². The predicted octanol–water partition coefficient (Wildman–Crippen LogP) is 2.37. The lowest BCUT2D eigenvalue weighted by Crippen LogP contribution is -2.50. The van der Waals surface area contributed by atoms with Crippen molar-refractivity contribution in [1.82, 2.24) is 15.1 Å². The lowest BCUT2D eigenvalue weighted by atomic mass is 9.90. The number of aliphatic hydroxyl groups is 1. The van der Waals surface area contributed by atoms with Crippen LogP contribution >= 0.6 is 0 Å². The van der Waals surface area contributed by atoms with Gasteiger partial charge in [-0.15, -0.1) is 0 Å². The first-order chi connectivity index (χ1) is 12.5. The van der Waals surface area contributed by atoms with Gasteiger partial charge in [0, 0.05) is 13.1 Å². The number of aromatic amines is 1. The molecule has 3 rings (SSSR count). The smallest absolute Gasteiger partial charge is 0.274 e. The molecule has 0 saturated carbocycles. The minimum atomic E-state index is -0.792. The van der Waals surface area contributed by atoms with Gasteiger partial charge in [0.15, 0.2) is 17.2 Å². The van der Waals surface area contributed by atoms with Crippen molar-refractivity contribution in [1.29, 1.82) is 0 Å². The van der Waals surface area contributed by atoms with Gasteiger partial charge in [-0.2, -0.15) is 5.10 Å². The number of para-hydroxylation sites is 2. The highest BCUT2D eigenvalue weighted by Crippen LogP contribution is 2.27. The molecule has 7 heteroatoms. The van der Waals surface area contributed by atoms with Crippen LogP contribution in [0.1, 0.15) is 42.4 Å². The number of piperidine rings is 1. The van der Waals surface area contributed by atoms with Crippen LogP contribution in [-0.4, -0.2) is 51.9 Å². The van der Waals surface area contributed by atoms with Crippen LogP contribution in [0.2, 0.25) is 0 Å². The Bertz CT molecular complexity index is 761. The van der Waals surface area contributed by atoms with Crippen LogP contribution in [0.25, 0.3) is 0 Å². The highest BCUT2D eigenvalue weighted by Gasteiger charge is 2.34. The molecule has 2 heterocycles. The molecule has 2 aromatic rings. The van der Waals surface area contributed by atoms with Crippen LogP contribution in [0, 0.1) is 0 Å². The number of ether oxygens (including phenoxy) is 2. The second-order valence-corrected chi connectivity index (χ2v) is 6.63. The third kappa shape index (κ3) is 3.99. The van der Waals surface area contributed by atoms with Crippen molar-refractivity contribution >= 4 is 5.91 Å². The zero-order chi connectivity index (χ0) is 18.6. The van der Waals surface area contributed by atoms with Crippen molar-refractivity contribution in [2.75, 3.05) is 20.2 Å². The fraction of sp³-hybridized carbons (Fsp3) is 0.474. The van der Waals surface area contributed by atoms with Gasteiger partial charge in [0.05, 0.1) is 18.4 Å². The molecular weight excluding hydrogens is 334 g/mol. The molecule has 1 amide bonds. The number of nitrogens with one attached hydrogen (secondary N) is 1. The number of rotatable bonds is 6. The number of benzene rings is 1. The standard InChI is InChI=1S/C19H25N3O4/c1-3-19(24)9-6-10-22(13-19)18(23)15-11-14(20-21-15)12-26-17-8-5-4-7-16(17)25-2/h4-5,7-8,11,24H,3,6,9-10,12-13H2,1-2H3,(H,20,21). The Morgan fingerprint density at radius 1 is 1.38 bits per heavy atom. The molecule has 1 atom stereocenters. The van der Waals surface area contributed by atoms with E-state index in [0.717, 1.165) is 12.8 Å². The maximum absolute atomic E-state index is 12.7. The number of hydrogen-bond donors (Lipinski definition) is 2. The number of aromatic nitrogens is 2. The molecule has 0 aliphatic carbocycles. The van der Waals surface area contributed by atoms with E-state index in [1.165, 1.54) is 0 Å². The number of nitrogens with zero attached hydrogens (tertiary/aromatic N) is 2. The lowest BCUT2D eigenvalue weighted by Gasteiger charge is -2.38.